The maximum atomic E-state index is 13.8. The van der Waals surface area contributed by atoms with Gasteiger partial charge in [-0.25, -0.2) is 0 Å². The molecule has 2 aromatic rings. The number of carbonyl (C=O) groups is 3. The van der Waals surface area contributed by atoms with Gasteiger partial charge in [0.15, 0.2) is 11.4 Å². The lowest BCUT2D eigenvalue weighted by atomic mass is 9.57. The number of carbonyl (C=O) groups excluding carboxylic acids is 3. The molecule has 35 heavy (non-hydrogen) atoms. The average Bonchev–Trinajstić information content (AvgIpc) is 3.30. The van der Waals surface area contributed by atoms with Crippen molar-refractivity contribution in [2.45, 2.75) is 24.5 Å². The third-order valence-electron chi connectivity index (χ3n) is 7.41. The van der Waals surface area contributed by atoms with Crippen molar-refractivity contribution >= 4 is 23.2 Å². The molecule has 0 radical (unpaired) electrons. The Kier molecular flexibility index (Phi) is 4.90. The van der Waals surface area contributed by atoms with Crippen LogP contribution in [0.5, 0.6) is 5.75 Å². The standard InChI is InChI=1S/C24H24N4O7/c1-28(2)18-13-6-9-5-12-11(10-7-26-27-8-10)3-4-14(29)16(12)19(30)15(9)21(32)24(13,35)22(33)17(20(18)31)23(25)34/h3-4,7-9,13,18,29-30,33,35H,5-6H2,1-2H3,(H2,25,34)(H,26,27)/t9?,13?,18-,24-/m0/s1. The van der Waals surface area contributed by atoms with E-state index in [1.807, 2.05) is 0 Å². The summed E-state index contributed by atoms with van der Waals surface area (Å²) >= 11 is 0. The van der Waals surface area contributed by atoms with Gasteiger partial charge in [0.25, 0.3) is 5.91 Å². The summed E-state index contributed by atoms with van der Waals surface area (Å²) < 4.78 is 0. The van der Waals surface area contributed by atoms with E-state index in [2.05, 4.69) is 10.2 Å². The van der Waals surface area contributed by atoms with Crippen molar-refractivity contribution in [3.8, 4) is 16.9 Å². The summed E-state index contributed by atoms with van der Waals surface area (Å²) in [5.74, 6) is -6.73. The van der Waals surface area contributed by atoms with Crippen LogP contribution in [0.1, 0.15) is 17.5 Å². The van der Waals surface area contributed by atoms with Crippen molar-refractivity contribution in [3.63, 3.8) is 0 Å². The second-order valence-corrected chi connectivity index (χ2v) is 9.43. The number of hydrogen-bond acceptors (Lipinski definition) is 9. The van der Waals surface area contributed by atoms with E-state index in [4.69, 9.17) is 5.73 Å². The van der Waals surface area contributed by atoms with Gasteiger partial charge in [0, 0.05) is 23.3 Å². The quantitative estimate of drug-likeness (QED) is 0.337. The summed E-state index contributed by atoms with van der Waals surface area (Å²) in [7, 11) is 3.12. The molecular weight excluding hydrogens is 456 g/mol. The highest BCUT2D eigenvalue weighted by atomic mass is 16.3. The number of primary amides is 1. The van der Waals surface area contributed by atoms with Gasteiger partial charge >= 0.3 is 0 Å². The Hall–Kier alpha value is -3.96. The number of amides is 1. The number of ketones is 2. The molecule has 11 nitrogen and oxygen atoms in total. The van der Waals surface area contributed by atoms with Crippen LogP contribution in [-0.4, -0.2) is 78.7 Å². The van der Waals surface area contributed by atoms with E-state index < -0.39 is 58.0 Å². The molecule has 1 aromatic heterocycles. The monoisotopic (exact) mass is 480 g/mol. The molecule has 0 spiro atoms. The maximum absolute atomic E-state index is 13.8. The SMILES string of the molecule is CN(C)[C@@H]1C(=O)C(C(N)=O)=C(O)[C@@]2(O)C(=O)C3=C(O)c4c(O)ccc(-c5cn[nH]c5)c4CC3CC12. The number of aromatic hydroxyl groups is 1. The van der Waals surface area contributed by atoms with Crippen LogP contribution >= 0.6 is 0 Å². The minimum Gasteiger partial charge on any atom is -0.508 e. The van der Waals surface area contributed by atoms with Gasteiger partial charge in [0.1, 0.15) is 22.8 Å². The number of nitrogens with one attached hydrogen (secondary N) is 1. The van der Waals surface area contributed by atoms with Gasteiger partial charge in [0.05, 0.1) is 17.8 Å². The number of benzene rings is 1. The molecule has 5 rings (SSSR count). The first-order valence-corrected chi connectivity index (χ1v) is 11.0. The summed E-state index contributed by atoms with van der Waals surface area (Å²) in [4.78, 5) is 40.4. The normalized spacial score (nSPS) is 28.2. The fourth-order valence-electron chi connectivity index (χ4n) is 5.91. The van der Waals surface area contributed by atoms with Crippen LogP contribution in [0.2, 0.25) is 0 Å². The number of rotatable bonds is 3. The van der Waals surface area contributed by atoms with E-state index >= 15 is 0 Å². The molecule has 3 aliphatic carbocycles. The highest BCUT2D eigenvalue weighted by molar-refractivity contribution is 6.24. The summed E-state index contributed by atoms with van der Waals surface area (Å²) in [5, 5.41) is 50.9. The van der Waals surface area contributed by atoms with Gasteiger partial charge < -0.3 is 26.2 Å². The number of aromatic amines is 1. The van der Waals surface area contributed by atoms with Crippen LogP contribution in [-0.2, 0) is 20.8 Å². The second kappa shape index (κ2) is 7.52. The number of Topliss-reactive ketones (excluding diaryl/α,β-unsaturated/α-hetero) is 2. The number of aliphatic hydroxyl groups is 3. The zero-order valence-electron chi connectivity index (χ0n) is 18.9. The topological polar surface area (TPSA) is 190 Å². The zero-order chi connectivity index (χ0) is 25.4. The molecule has 3 aliphatic rings. The average molecular weight is 480 g/mol. The summed E-state index contributed by atoms with van der Waals surface area (Å²) in [5.41, 5.74) is 3.67. The van der Waals surface area contributed by atoms with Gasteiger partial charge in [0.2, 0.25) is 5.78 Å². The Morgan fingerprint density at radius 2 is 1.94 bits per heavy atom. The molecule has 0 aliphatic heterocycles. The first-order valence-electron chi connectivity index (χ1n) is 11.0. The number of fused-ring (bicyclic) bond motifs is 3. The molecule has 11 heteroatoms. The Bertz CT molecular complexity index is 1360. The number of aliphatic hydroxyl groups excluding tert-OH is 2. The Balaban J connectivity index is 1.75. The summed E-state index contributed by atoms with van der Waals surface area (Å²) in [6, 6.07) is 1.94. The largest absolute Gasteiger partial charge is 0.508 e. The lowest BCUT2D eigenvalue weighted by Gasteiger charge is -2.50. The van der Waals surface area contributed by atoms with Crippen LogP contribution in [0.3, 0.4) is 0 Å². The van der Waals surface area contributed by atoms with Crippen molar-refractivity contribution in [1.82, 2.24) is 15.1 Å². The molecule has 0 saturated heterocycles. The molecule has 4 atom stereocenters. The molecule has 182 valence electrons. The number of hydrogen-bond donors (Lipinski definition) is 6. The van der Waals surface area contributed by atoms with Gasteiger partial charge in [-0.3, -0.25) is 24.4 Å². The molecule has 1 aromatic carbocycles. The van der Waals surface area contributed by atoms with E-state index in [1.54, 1.807) is 32.6 Å². The highest BCUT2D eigenvalue weighted by Crippen LogP contribution is 2.53. The summed E-state index contributed by atoms with van der Waals surface area (Å²) in [6.45, 7) is 0. The van der Waals surface area contributed by atoms with E-state index in [-0.39, 0.29) is 29.7 Å². The minimum absolute atomic E-state index is 0.0340. The van der Waals surface area contributed by atoms with E-state index in [1.165, 1.54) is 11.0 Å². The molecule has 7 N–H and O–H groups in total. The lowest BCUT2D eigenvalue weighted by molar-refractivity contribution is -0.153. The molecule has 1 amide bonds. The van der Waals surface area contributed by atoms with Crippen molar-refractivity contribution in [3.05, 3.63) is 52.6 Å². The predicted molar refractivity (Wildman–Crippen MR) is 122 cm³/mol. The van der Waals surface area contributed by atoms with E-state index in [9.17, 15) is 34.8 Å². The first kappa shape index (κ1) is 22.8. The minimum atomic E-state index is -2.65. The number of nitrogens with two attached hydrogens (primary N) is 1. The fourth-order valence-corrected chi connectivity index (χ4v) is 5.91. The van der Waals surface area contributed by atoms with Crippen molar-refractivity contribution in [2.75, 3.05) is 14.1 Å². The van der Waals surface area contributed by atoms with Crippen LogP contribution in [0.25, 0.3) is 16.9 Å². The fraction of sp³-hybridized carbons (Fsp3) is 0.333. The number of likely N-dealkylation sites (N-methyl/N-ethyl adjacent to an activating group) is 1. The molecular formula is C24H24N4O7. The molecule has 1 saturated carbocycles. The van der Waals surface area contributed by atoms with Crippen molar-refractivity contribution in [2.24, 2.45) is 17.6 Å². The van der Waals surface area contributed by atoms with Crippen LogP contribution in [0.4, 0.5) is 0 Å². The Morgan fingerprint density at radius 3 is 2.54 bits per heavy atom. The number of nitrogens with zero attached hydrogens (tertiary/aromatic N) is 2. The van der Waals surface area contributed by atoms with Crippen LogP contribution < -0.4 is 5.73 Å². The molecule has 1 heterocycles. The van der Waals surface area contributed by atoms with Gasteiger partial charge in [-0.2, -0.15) is 5.10 Å². The molecule has 1 fully saturated rings. The zero-order valence-corrected chi connectivity index (χ0v) is 18.9. The van der Waals surface area contributed by atoms with Gasteiger partial charge in [-0.15, -0.1) is 0 Å². The second-order valence-electron chi connectivity index (χ2n) is 9.43. The number of phenols is 1. The third-order valence-corrected chi connectivity index (χ3v) is 7.41. The predicted octanol–water partition coefficient (Wildman–Crippen LogP) is 0.354. The van der Waals surface area contributed by atoms with Crippen LogP contribution in [0.15, 0.2) is 41.4 Å². The Labute approximate surface area is 199 Å². The highest BCUT2D eigenvalue weighted by Gasteiger charge is 2.64. The maximum Gasteiger partial charge on any atom is 0.255 e. The Morgan fingerprint density at radius 1 is 1.23 bits per heavy atom. The van der Waals surface area contributed by atoms with E-state index in [0.29, 0.717) is 16.7 Å². The van der Waals surface area contributed by atoms with Gasteiger partial charge in [-0.1, -0.05) is 6.07 Å². The van der Waals surface area contributed by atoms with E-state index in [0.717, 1.165) is 0 Å². The number of aromatic nitrogens is 2. The van der Waals surface area contributed by atoms with Gasteiger partial charge in [-0.05, 0) is 50.0 Å². The number of phenolic OH excluding ortho intramolecular Hbond substituents is 1. The first-order chi connectivity index (χ1) is 16.5. The molecule has 2 unspecified atom stereocenters. The molecule has 0 bridgehead atoms. The third kappa shape index (κ3) is 2.91. The van der Waals surface area contributed by atoms with Crippen LogP contribution in [0, 0.1) is 11.8 Å². The number of H-pyrrole nitrogens is 1. The summed E-state index contributed by atoms with van der Waals surface area (Å²) in [6.07, 6.45) is 3.49. The van der Waals surface area contributed by atoms with Crippen molar-refractivity contribution in [1.29, 1.82) is 0 Å². The van der Waals surface area contributed by atoms with Crippen molar-refractivity contribution < 1.29 is 34.8 Å². The lowest BCUT2D eigenvalue weighted by Crippen LogP contribution is -2.65. The smallest absolute Gasteiger partial charge is 0.255 e.